The fourth-order valence-electron chi connectivity index (χ4n) is 1.82. The minimum absolute atomic E-state index is 0.168. The lowest BCUT2D eigenvalue weighted by Gasteiger charge is -2.31. The third kappa shape index (κ3) is 2.21. The van der Waals surface area contributed by atoms with Gasteiger partial charge in [-0.3, -0.25) is 0 Å². The lowest BCUT2D eigenvalue weighted by atomic mass is 10.1. The fourth-order valence-corrected chi connectivity index (χ4v) is 1.94. The molecule has 82 valence electrons. The van der Waals surface area contributed by atoms with Gasteiger partial charge in [0, 0.05) is 18.7 Å². The number of aliphatic hydroxyl groups excluding tert-OH is 1. The third-order valence-corrected chi connectivity index (χ3v) is 3.14. The summed E-state index contributed by atoms with van der Waals surface area (Å²) in [5.41, 5.74) is 0.913. The van der Waals surface area contributed by atoms with Crippen molar-refractivity contribution < 1.29 is 5.11 Å². The van der Waals surface area contributed by atoms with Crippen LogP contribution >= 0.6 is 11.6 Å². The molecule has 0 atom stereocenters. The average molecular weight is 228 g/mol. The number of piperidine rings is 1. The second-order valence-electron chi connectivity index (χ2n) is 3.83. The molecule has 15 heavy (non-hydrogen) atoms. The molecular formula is C10H14ClN3O. The molecule has 0 spiro atoms. The summed E-state index contributed by atoms with van der Waals surface area (Å²) in [5, 5.41) is 9.92. The zero-order valence-electron chi connectivity index (χ0n) is 8.65. The quantitative estimate of drug-likeness (QED) is 0.737. The largest absolute Gasteiger partial charge is 0.393 e. The number of rotatable bonds is 1. The first-order chi connectivity index (χ1) is 7.18. The van der Waals surface area contributed by atoms with Gasteiger partial charge < -0.3 is 10.0 Å². The van der Waals surface area contributed by atoms with Gasteiger partial charge in [0.25, 0.3) is 0 Å². The molecule has 1 fully saturated rings. The minimum Gasteiger partial charge on any atom is -0.393 e. The minimum atomic E-state index is -0.168. The van der Waals surface area contributed by atoms with Crippen LogP contribution in [-0.2, 0) is 0 Å². The Morgan fingerprint density at radius 2 is 2.07 bits per heavy atom. The number of anilines is 1. The van der Waals surface area contributed by atoms with Crippen molar-refractivity contribution in [3.05, 3.63) is 17.0 Å². The van der Waals surface area contributed by atoms with Crippen LogP contribution in [0, 0.1) is 6.92 Å². The molecule has 0 saturated carbocycles. The van der Waals surface area contributed by atoms with Crippen LogP contribution in [0.15, 0.2) is 6.33 Å². The number of aliphatic hydroxyl groups is 1. The molecule has 1 aliphatic rings. The van der Waals surface area contributed by atoms with Gasteiger partial charge in [-0.25, -0.2) is 9.97 Å². The van der Waals surface area contributed by atoms with Crippen molar-refractivity contribution >= 4 is 17.4 Å². The van der Waals surface area contributed by atoms with Crippen molar-refractivity contribution in [1.82, 2.24) is 9.97 Å². The maximum atomic E-state index is 9.41. The van der Waals surface area contributed by atoms with E-state index in [0.29, 0.717) is 5.15 Å². The highest BCUT2D eigenvalue weighted by molar-refractivity contribution is 6.30. The van der Waals surface area contributed by atoms with E-state index < -0.39 is 0 Å². The van der Waals surface area contributed by atoms with Crippen LogP contribution in [0.3, 0.4) is 0 Å². The molecule has 0 amide bonds. The van der Waals surface area contributed by atoms with E-state index in [4.69, 9.17) is 11.6 Å². The van der Waals surface area contributed by atoms with E-state index in [2.05, 4.69) is 14.9 Å². The van der Waals surface area contributed by atoms with Crippen LogP contribution in [0.25, 0.3) is 0 Å². The zero-order chi connectivity index (χ0) is 10.8. The molecule has 0 aliphatic carbocycles. The maximum absolute atomic E-state index is 9.41. The number of hydrogen-bond acceptors (Lipinski definition) is 4. The van der Waals surface area contributed by atoms with E-state index >= 15 is 0 Å². The normalized spacial score (nSPS) is 18.2. The van der Waals surface area contributed by atoms with Crippen molar-refractivity contribution in [3.63, 3.8) is 0 Å². The molecule has 1 aliphatic heterocycles. The zero-order valence-corrected chi connectivity index (χ0v) is 9.41. The predicted octanol–water partition coefficient (Wildman–Crippen LogP) is 1.40. The van der Waals surface area contributed by atoms with Gasteiger partial charge in [0.05, 0.1) is 6.10 Å². The summed E-state index contributed by atoms with van der Waals surface area (Å²) < 4.78 is 0. The lowest BCUT2D eigenvalue weighted by molar-refractivity contribution is 0.145. The number of hydrogen-bond donors (Lipinski definition) is 1. The summed E-state index contributed by atoms with van der Waals surface area (Å²) in [6.45, 7) is 3.58. The molecule has 0 aromatic carbocycles. The van der Waals surface area contributed by atoms with Gasteiger partial charge in [0.1, 0.15) is 17.3 Å². The summed E-state index contributed by atoms with van der Waals surface area (Å²) in [5.74, 6) is 0.891. The Morgan fingerprint density at radius 3 is 2.73 bits per heavy atom. The summed E-state index contributed by atoms with van der Waals surface area (Å²) in [7, 11) is 0. The summed E-state index contributed by atoms with van der Waals surface area (Å²) >= 11 is 5.93. The van der Waals surface area contributed by atoms with Gasteiger partial charge in [0.2, 0.25) is 0 Å². The molecule has 1 aromatic heterocycles. The summed E-state index contributed by atoms with van der Waals surface area (Å²) in [4.78, 5) is 10.3. The number of halogens is 1. The molecule has 1 N–H and O–H groups in total. The number of aromatic nitrogens is 2. The van der Waals surface area contributed by atoms with Crippen molar-refractivity contribution in [2.24, 2.45) is 0 Å². The van der Waals surface area contributed by atoms with Gasteiger partial charge in [0.15, 0.2) is 0 Å². The predicted molar refractivity (Wildman–Crippen MR) is 59.2 cm³/mol. The first-order valence-corrected chi connectivity index (χ1v) is 5.46. The van der Waals surface area contributed by atoms with Gasteiger partial charge in [-0.15, -0.1) is 0 Å². The van der Waals surface area contributed by atoms with Crippen molar-refractivity contribution in [2.75, 3.05) is 18.0 Å². The van der Waals surface area contributed by atoms with E-state index in [9.17, 15) is 5.11 Å². The first-order valence-electron chi connectivity index (χ1n) is 5.08. The number of nitrogens with zero attached hydrogens (tertiary/aromatic N) is 3. The molecule has 1 saturated heterocycles. The van der Waals surface area contributed by atoms with Crippen LogP contribution < -0.4 is 4.90 Å². The lowest BCUT2D eigenvalue weighted by Crippen LogP contribution is -2.36. The van der Waals surface area contributed by atoms with Crippen LogP contribution in [0.1, 0.15) is 18.4 Å². The van der Waals surface area contributed by atoms with E-state index in [0.717, 1.165) is 37.3 Å². The Balaban J connectivity index is 2.19. The monoisotopic (exact) mass is 227 g/mol. The smallest absolute Gasteiger partial charge is 0.137 e. The van der Waals surface area contributed by atoms with Gasteiger partial charge in [-0.2, -0.15) is 0 Å². The van der Waals surface area contributed by atoms with Crippen LogP contribution in [-0.4, -0.2) is 34.3 Å². The second kappa shape index (κ2) is 4.33. The molecular weight excluding hydrogens is 214 g/mol. The third-order valence-electron chi connectivity index (χ3n) is 2.76. The molecule has 0 radical (unpaired) electrons. The van der Waals surface area contributed by atoms with Crippen LogP contribution in [0.5, 0.6) is 0 Å². The molecule has 0 bridgehead atoms. The van der Waals surface area contributed by atoms with Gasteiger partial charge in [-0.1, -0.05) is 11.6 Å². The SMILES string of the molecule is Cc1c(Cl)ncnc1N1CCC(O)CC1. The highest BCUT2D eigenvalue weighted by Gasteiger charge is 2.20. The molecule has 1 aromatic rings. The summed E-state index contributed by atoms with van der Waals surface area (Å²) in [6.07, 6.45) is 2.90. The van der Waals surface area contributed by atoms with Gasteiger partial charge in [-0.05, 0) is 19.8 Å². The van der Waals surface area contributed by atoms with E-state index in [1.807, 2.05) is 6.92 Å². The Morgan fingerprint density at radius 1 is 1.40 bits per heavy atom. The van der Waals surface area contributed by atoms with Crippen molar-refractivity contribution in [2.45, 2.75) is 25.9 Å². The van der Waals surface area contributed by atoms with E-state index in [1.54, 1.807) is 0 Å². The van der Waals surface area contributed by atoms with E-state index in [1.165, 1.54) is 6.33 Å². The maximum Gasteiger partial charge on any atom is 0.137 e. The molecule has 0 unspecified atom stereocenters. The van der Waals surface area contributed by atoms with Gasteiger partial charge >= 0.3 is 0 Å². The molecule has 4 nitrogen and oxygen atoms in total. The highest BCUT2D eigenvalue weighted by Crippen LogP contribution is 2.24. The average Bonchev–Trinajstić information content (AvgIpc) is 2.24. The topological polar surface area (TPSA) is 49.2 Å². The second-order valence-corrected chi connectivity index (χ2v) is 4.19. The van der Waals surface area contributed by atoms with Crippen LogP contribution in [0.2, 0.25) is 5.15 Å². The van der Waals surface area contributed by atoms with E-state index in [-0.39, 0.29) is 6.10 Å². The van der Waals surface area contributed by atoms with Crippen molar-refractivity contribution in [3.8, 4) is 0 Å². The molecule has 2 rings (SSSR count). The standard InChI is InChI=1S/C10H14ClN3O/c1-7-9(11)12-6-13-10(7)14-4-2-8(15)3-5-14/h6,8,15H,2-5H2,1H3. The Hall–Kier alpha value is -0.870. The highest BCUT2D eigenvalue weighted by atomic mass is 35.5. The fraction of sp³-hybridized carbons (Fsp3) is 0.600. The van der Waals surface area contributed by atoms with Crippen molar-refractivity contribution in [1.29, 1.82) is 0 Å². The Labute approximate surface area is 93.9 Å². The summed E-state index contributed by atoms with van der Waals surface area (Å²) in [6, 6.07) is 0. The molecule has 5 heteroatoms. The Kier molecular flexibility index (Phi) is 3.07. The van der Waals surface area contributed by atoms with Crippen LogP contribution in [0.4, 0.5) is 5.82 Å². The Bertz CT molecular complexity index is 351. The molecule has 2 heterocycles. The first kappa shape index (κ1) is 10.6.